The van der Waals surface area contributed by atoms with E-state index in [4.69, 9.17) is 10.00 Å². The number of hydrogen-bond acceptors (Lipinski definition) is 4. The largest absolute Gasteiger partial charge is 0.377 e. The molecular formula is C8H7N3O. The molecule has 0 aliphatic carbocycles. The first-order valence-corrected chi connectivity index (χ1v) is 3.63. The first-order chi connectivity index (χ1) is 5.87. The topological polar surface area (TPSA) is 58.8 Å². The van der Waals surface area contributed by atoms with Gasteiger partial charge in [0, 0.05) is 6.20 Å². The monoisotopic (exact) mass is 161 g/mol. The van der Waals surface area contributed by atoms with Crippen LogP contribution in [0.15, 0.2) is 18.6 Å². The van der Waals surface area contributed by atoms with Crippen LogP contribution in [-0.4, -0.2) is 23.2 Å². The number of ether oxygens (including phenoxy) is 1. The lowest BCUT2D eigenvalue weighted by atomic mass is 9.84. The van der Waals surface area contributed by atoms with Crippen LogP contribution < -0.4 is 0 Å². The molecular weight excluding hydrogens is 154 g/mol. The molecule has 0 atom stereocenters. The van der Waals surface area contributed by atoms with E-state index in [-0.39, 0.29) is 0 Å². The van der Waals surface area contributed by atoms with Gasteiger partial charge >= 0.3 is 0 Å². The Hall–Kier alpha value is -1.47. The van der Waals surface area contributed by atoms with E-state index >= 15 is 0 Å². The molecule has 2 rings (SSSR count). The molecule has 60 valence electrons. The van der Waals surface area contributed by atoms with Gasteiger partial charge in [-0.1, -0.05) is 0 Å². The van der Waals surface area contributed by atoms with Gasteiger partial charge in [-0.25, -0.2) is 9.97 Å². The van der Waals surface area contributed by atoms with E-state index in [2.05, 4.69) is 16.0 Å². The molecule has 12 heavy (non-hydrogen) atoms. The summed E-state index contributed by atoms with van der Waals surface area (Å²) in [4.78, 5) is 7.82. The summed E-state index contributed by atoms with van der Waals surface area (Å²) >= 11 is 0. The Labute approximate surface area is 69.8 Å². The molecule has 0 aromatic carbocycles. The summed E-state index contributed by atoms with van der Waals surface area (Å²) in [6.07, 6.45) is 3.09. The highest BCUT2D eigenvalue weighted by Gasteiger charge is 2.42. The van der Waals surface area contributed by atoms with Crippen molar-refractivity contribution in [1.29, 1.82) is 5.26 Å². The molecule has 1 aromatic heterocycles. The van der Waals surface area contributed by atoms with Gasteiger partial charge in [0.25, 0.3) is 0 Å². The third kappa shape index (κ3) is 0.874. The van der Waals surface area contributed by atoms with Crippen molar-refractivity contribution in [1.82, 2.24) is 9.97 Å². The SMILES string of the molecule is N#CC1(c2ccncn2)COC1. The van der Waals surface area contributed by atoms with Crippen molar-refractivity contribution in [3.8, 4) is 6.07 Å². The smallest absolute Gasteiger partial charge is 0.146 e. The summed E-state index contributed by atoms with van der Waals surface area (Å²) in [7, 11) is 0. The molecule has 1 fully saturated rings. The molecule has 1 saturated heterocycles. The normalized spacial score (nSPS) is 19.2. The average molecular weight is 161 g/mol. The molecule has 0 amide bonds. The van der Waals surface area contributed by atoms with E-state index in [9.17, 15) is 0 Å². The minimum absolute atomic E-state index is 0.445. The third-order valence-electron chi connectivity index (χ3n) is 1.98. The molecule has 2 heterocycles. The predicted octanol–water partition coefficient (Wildman–Crippen LogP) is 0.268. The highest BCUT2D eigenvalue weighted by Crippen LogP contribution is 2.29. The van der Waals surface area contributed by atoms with E-state index in [0.717, 1.165) is 5.69 Å². The summed E-state index contributed by atoms with van der Waals surface area (Å²) < 4.78 is 5.00. The molecule has 1 aliphatic rings. The lowest BCUT2D eigenvalue weighted by molar-refractivity contribution is -0.0318. The molecule has 0 bridgehead atoms. The zero-order valence-corrected chi connectivity index (χ0v) is 6.40. The lowest BCUT2D eigenvalue weighted by Gasteiger charge is -2.33. The Bertz CT molecular complexity index is 313. The molecule has 0 spiro atoms. The maximum absolute atomic E-state index is 8.90. The highest BCUT2D eigenvalue weighted by atomic mass is 16.5. The van der Waals surface area contributed by atoms with Crippen LogP contribution in [0.2, 0.25) is 0 Å². The van der Waals surface area contributed by atoms with Crippen molar-refractivity contribution < 1.29 is 4.74 Å². The molecule has 1 aliphatic heterocycles. The van der Waals surface area contributed by atoms with Gasteiger partial charge < -0.3 is 4.74 Å². The van der Waals surface area contributed by atoms with Gasteiger partial charge in [-0.05, 0) is 6.07 Å². The van der Waals surface area contributed by atoms with Gasteiger partial charge in [0.15, 0.2) is 0 Å². The molecule has 0 saturated carbocycles. The molecule has 1 aromatic rings. The zero-order valence-electron chi connectivity index (χ0n) is 6.40. The Morgan fingerprint density at radius 1 is 1.58 bits per heavy atom. The Kier molecular flexibility index (Phi) is 1.52. The van der Waals surface area contributed by atoms with Crippen LogP contribution in [0.5, 0.6) is 0 Å². The van der Waals surface area contributed by atoms with Crippen LogP contribution in [-0.2, 0) is 10.2 Å². The van der Waals surface area contributed by atoms with E-state index < -0.39 is 5.41 Å². The van der Waals surface area contributed by atoms with Crippen molar-refractivity contribution in [2.24, 2.45) is 0 Å². The Balaban J connectivity index is 2.36. The van der Waals surface area contributed by atoms with Crippen molar-refractivity contribution in [3.63, 3.8) is 0 Å². The fourth-order valence-electron chi connectivity index (χ4n) is 1.15. The lowest BCUT2D eigenvalue weighted by Crippen LogP contribution is -2.46. The predicted molar refractivity (Wildman–Crippen MR) is 40.1 cm³/mol. The number of nitriles is 1. The van der Waals surface area contributed by atoms with Gasteiger partial charge in [0.2, 0.25) is 0 Å². The molecule has 4 nitrogen and oxygen atoms in total. The van der Waals surface area contributed by atoms with Gasteiger partial charge in [0.1, 0.15) is 11.7 Å². The van der Waals surface area contributed by atoms with Crippen LogP contribution in [0.25, 0.3) is 0 Å². The van der Waals surface area contributed by atoms with Gasteiger partial charge in [-0.3, -0.25) is 0 Å². The fraction of sp³-hybridized carbons (Fsp3) is 0.375. The fourth-order valence-corrected chi connectivity index (χ4v) is 1.15. The van der Waals surface area contributed by atoms with Gasteiger partial charge in [-0.15, -0.1) is 0 Å². The van der Waals surface area contributed by atoms with Crippen molar-refractivity contribution >= 4 is 0 Å². The zero-order chi connectivity index (χ0) is 8.44. The van der Waals surface area contributed by atoms with Crippen molar-refractivity contribution in [2.45, 2.75) is 5.41 Å². The van der Waals surface area contributed by atoms with Crippen LogP contribution in [0.1, 0.15) is 5.69 Å². The summed E-state index contributed by atoms with van der Waals surface area (Å²) in [6, 6.07) is 3.97. The van der Waals surface area contributed by atoms with Gasteiger partial charge in [0.05, 0.1) is 25.0 Å². The quantitative estimate of drug-likeness (QED) is 0.593. The summed E-state index contributed by atoms with van der Waals surface area (Å²) in [5, 5.41) is 8.90. The number of aromatic nitrogens is 2. The Morgan fingerprint density at radius 2 is 2.42 bits per heavy atom. The molecule has 0 unspecified atom stereocenters. The summed E-state index contributed by atoms with van der Waals surface area (Å²) in [5.41, 5.74) is 0.245. The molecule has 0 N–H and O–H groups in total. The van der Waals surface area contributed by atoms with Gasteiger partial charge in [-0.2, -0.15) is 5.26 Å². The highest BCUT2D eigenvalue weighted by molar-refractivity contribution is 5.28. The first kappa shape index (κ1) is 7.19. The standard InChI is InChI=1S/C8H7N3O/c9-3-8(4-12-5-8)7-1-2-10-6-11-7/h1-2,6H,4-5H2. The van der Waals surface area contributed by atoms with Crippen LogP contribution >= 0.6 is 0 Å². The van der Waals surface area contributed by atoms with Crippen LogP contribution in [0.4, 0.5) is 0 Å². The average Bonchev–Trinajstić information content (AvgIpc) is 2.05. The van der Waals surface area contributed by atoms with Crippen molar-refractivity contribution in [3.05, 3.63) is 24.3 Å². The number of nitrogens with zero attached hydrogens (tertiary/aromatic N) is 3. The minimum atomic E-state index is -0.511. The second kappa shape index (κ2) is 2.54. The maximum Gasteiger partial charge on any atom is 0.146 e. The van der Waals surface area contributed by atoms with E-state index in [1.54, 1.807) is 12.3 Å². The van der Waals surface area contributed by atoms with Crippen LogP contribution in [0.3, 0.4) is 0 Å². The minimum Gasteiger partial charge on any atom is -0.377 e. The second-order valence-electron chi connectivity index (χ2n) is 2.78. The van der Waals surface area contributed by atoms with Crippen LogP contribution in [0, 0.1) is 11.3 Å². The Morgan fingerprint density at radius 3 is 2.83 bits per heavy atom. The molecule has 0 radical (unpaired) electrons. The van der Waals surface area contributed by atoms with E-state index in [1.165, 1.54) is 6.33 Å². The number of hydrogen-bond donors (Lipinski definition) is 0. The number of rotatable bonds is 1. The molecule has 4 heteroatoms. The van der Waals surface area contributed by atoms with E-state index in [0.29, 0.717) is 13.2 Å². The first-order valence-electron chi connectivity index (χ1n) is 3.63. The second-order valence-corrected chi connectivity index (χ2v) is 2.78. The van der Waals surface area contributed by atoms with Crippen molar-refractivity contribution in [2.75, 3.05) is 13.2 Å². The maximum atomic E-state index is 8.90. The third-order valence-corrected chi connectivity index (χ3v) is 1.98. The van der Waals surface area contributed by atoms with E-state index in [1.807, 2.05) is 0 Å². The summed E-state index contributed by atoms with van der Waals surface area (Å²) in [5.74, 6) is 0. The summed E-state index contributed by atoms with van der Waals surface area (Å²) in [6.45, 7) is 0.890.